The fraction of sp³-hybridized carbons (Fsp3) is 0.730. The third kappa shape index (κ3) is 32.6. The predicted molar refractivity (Wildman–Crippen MR) is 179 cm³/mol. The van der Waals surface area contributed by atoms with Gasteiger partial charge in [-0.3, -0.25) is 9.59 Å². The standard InChI is InChI=1S/C37H64O6/c1-4-5-27-34(38)28-23-19-15-10-8-6-7-9-11-16-20-24-29-36(40)42-31-35(39)32-43-37(41)30-25-21-17-13-12-14-18-22-26-33(2)3/h6-7,10-11,15-16,23,28,33-35,38-39H,4-5,8-9,12-14,17-22,24-27,29-32H2,1-3H3/b7-6-,15-10-,16-11-,28-23-/t34-,35+/m0/s1. The lowest BCUT2D eigenvalue weighted by atomic mass is 10.0. The second kappa shape index (κ2) is 31.3. The van der Waals surface area contributed by atoms with Gasteiger partial charge in [-0.25, -0.2) is 0 Å². The van der Waals surface area contributed by atoms with Crippen LogP contribution in [0.4, 0.5) is 0 Å². The van der Waals surface area contributed by atoms with Gasteiger partial charge in [0, 0.05) is 12.8 Å². The normalized spacial score (nSPS) is 13.6. The van der Waals surface area contributed by atoms with Gasteiger partial charge in [-0.2, -0.15) is 0 Å². The summed E-state index contributed by atoms with van der Waals surface area (Å²) < 4.78 is 10.2. The van der Waals surface area contributed by atoms with E-state index in [0.29, 0.717) is 19.3 Å². The van der Waals surface area contributed by atoms with Crippen molar-refractivity contribution < 1.29 is 29.3 Å². The summed E-state index contributed by atoms with van der Waals surface area (Å²) in [5.41, 5.74) is 0. The number of allylic oxidation sites excluding steroid dienone is 7. The molecule has 0 aromatic heterocycles. The number of esters is 2. The Morgan fingerprint density at radius 3 is 1.65 bits per heavy atom. The van der Waals surface area contributed by atoms with E-state index in [1.807, 2.05) is 12.2 Å². The van der Waals surface area contributed by atoms with Crippen LogP contribution in [0, 0.1) is 5.92 Å². The molecule has 248 valence electrons. The minimum absolute atomic E-state index is 0.144. The van der Waals surface area contributed by atoms with Crippen LogP contribution in [-0.4, -0.2) is 47.6 Å². The number of aliphatic hydroxyl groups excluding tert-OH is 2. The Morgan fingerprint density at radius 1 is 0.605 bits per heavy atom. The van der Waals surface area contributed by atoms with E-state index >= 15 is 0 Å². The van der Waals surface area contributed by atoms with Crippen molar-refractivity contribution in [2.75, 3.05) is 13.2 Å². The summed E-state index contributed by atoms with van der Waals surface area (Å²) in [5.74, 6) is 0.143. The minimum Gasteiger partial charge on any atom is -0.463 e. The molecule has 0 fully saturated rings. The van der Waals surface area contributed by atoms with E-state index in [1.54, 1.807) is 0 Å². The molecular formula is C37H64O6. The maximum Gasteiger partial charge on any atom is 0.305 e. The van der Waals surface area contributed by atoms with E-state index in [9.17, 15) is 19.8 Å². The van der Waals surface area contributed by atoms with Crippen molar-refractivity contribution in [3.05, 3.63) is 48.6 Å². The maximum absolute atomic E-state index is 11.9. The van der Waals surface area contributed by atoms with E-state index < -0.39 is 6.10 Å². The number of rotatable bonds is 29. The van der Waals surface area contributed by atoms with Gasteiger partial charge in [0.05, 0.1) is 6.10 Å². The number of hydrogen-bond acceptors (Lipinski definition) is 6. The summed E-state index contributed by atoms with van der Waals surface area (Å²) in [6.45, 7) is 6.37. The molecule has 0 bridgehead atoms. The number of unbranched alkanes of at least 4 members (excludes halogenated alkanes) is 9. The zero-order chi connectivity index (χ0) is 31.8. The molecule has 0 aliphatic rings. The summed E-state index contributed by atoms with van der Waals surface area (Å²) in [6, 6.07) is 0. The van der Waals surface area contributed by atoms with Gasteiger partial charge in [-0.1, -0.05) is 134 Å². The number of hydrogen-bond donors (Lipinski definition) is 2. The second-order valence-corrected chi connectivity index (χ2v) is 11.9. The Hall–Kier alpha value is -2.18. The molecule has 0 heterocycles. The monoisotopic (exact) mass is 604 g/mol. The van der Waals surface area contributed by atoms with Crippen LogP contribution in [0.25, 0.3) is 0 Å². The second-order valence-electron chi connectivity index (χ2n) is 11.9. The molecule has 0 aromatic rings. The number of aliphatic hydroxyl groups is 2. The highest BCUT2D eigenvalue weighted by Crippen LogP contribution is 2.13. The van der Waals surface area contributed by atoms with Crippen LogP contribution in [0.2, 0.25) is 0 Å². The van der Waals surface area contributed by atoms with Gasteiger partial charge < -0.3 is 19.7 Å². The van der Waals surface area contributed by atoms with Gasteiger partial charge in [-0.15, -0.1) is 0 Å². The number of ether oxygens (including phenoxy) is 2. The van der Waals surface area contributed by atoms with Crippen LogP contribution in [0.5, 0.6) is 0 Å². The Bertz CT molecular complexity index is 767. The van der Waals surface area contributed by atoms with Crippen LogP contribution in [0.3, 0.4) is 0 Å². The summed E-state index contributed by atoms with van der Waals surface area (Å²) in [5, 5.41) is 19.7. The minimum atomic E-state index is -0.995. The van der Waals surface area contributed by atoms with Gasteiger partial charge in [0.2, 0.25) is 0 Å². The van der Waals surface area contributed by atoms with Crippen molar-refractivity contribution in [2.24, 2.45) is 5.92 Å². The summed E-state index contributed by atoms with van der Waals surface area (Å²) in [7, 11) is 0. The van der Waals surface area contributed by atoms with Crippen LogP contribution in [0.1, 0.15) is 143 Å². The molecule has 0 aliphatic heterocycles. The lowest BCUT2D eigenvalue weighted by Gasteiger charge is -2.12. The topological polar surface area (TPSA) is 93.1 Å². The molecule has 0 spiro atoms. The molecule has 0 rings (SSSR count). The molecule has 0 saturated heterocycles. The molecule has 0 radical (unpaired) electrons. The summed E-state index contributed by atoms with van der Waals surface area (Å²) in [6.07, 6.45) is 33.6. The zero-order valence-corrected chi connectivity index (χ0v) is 27.7. The van der Waals surface area contributed by atoms with Crippen molar-refractivity contribution in [2.45, 2.75) is 155 Å². The number of carbonyl (C=O) groups excluding carboxylic acids is 2. The first-order chi connectivity index (χ1) is 20.8. The van der Waals surface area contributed by atoms with Crippen LogP contribution in [-0.2, 0) is 19.1 Å². The summed E-state index contributed by atoms with van der Waals surface area (Å²) in [4.78, 5) is 23.8. The average Bonchev–Trinajstić information content (AvgIpc) is 2.98. The van der Waals surface area contributed by atoms with Crippen molar-refractivity contribution in [3.8, 4) is 0 Å². The Labute approximate surface area is 263 Å². The number of carbonyl (C=O) groups is 2. The van der Waals surface area contributed by atoms with Gasteiger partial charge in [0.25, 0.3) is 0 Å². The molecule has 6 nitrogen and oxygen atoms in total. The van der Waals surface area contributed by atoms with Crippen molar-refractivity contribution in [1.29, 1.82) is 0 Å². The highest BCUT2D eigenvalue weighted by molar-refractivity contribution is 5.69. The predicted octanol–water partition coefficient (Wildman–Crippen LogP) is 9.11. The Morgan fingerprint density at radius 2 is 1.09 bits per heavy atom. The molecule has 0 aromatic carbocycles. The molecule has 2 atom stereocenters. The largest absolute Gasteiger partial charge is 0.463 e. The van der Waals surface area contributed by atoms with Crippen LogP contribution < -0.4 is 0 Å². The van der Waals surface area contributed by atoms with E-state index in [1.165, 1.54) is 38.5 Å². The summed E-state index contributed by atoms with van der Waals surface area (Å²) >= 11 is 0. The lowest BCUT2D eigenvalue weighted by molar-refractivity contribution is -0.152. The molecule has 0 unspecified atom stereocenters. The van der Waals surface area contributed by atoms with Crippen molar-refractivity contribution >= 4 is 11.9 Å². The average molecular weight is 605 g/mol. The fourth-order valence-corrected chi connectivity index (χ4v) is 4.40. The quantitative estimate of drug-likeness (QED) is 0.0502. The molecule has 2 N–H and O–H groups in total. The van der Waals surface area contributed by atoms with E-state index in [2.05, 4.69) is 57.2 Å². The Kier molecular flexibility index (Phi) is 29.7. The molecular weight excluding hydrogens is 540 g/mol. The molecule has 0 aliphatic carbocycles. The first kappa shape index (κ1) is 40.8. The zero-order valence-electron chi connectivity index (χ0n) is 27.7. The van der Waals surface area contributed by atoms with Gasteiger partial charge >= 0.3 is 11.9 Å². The van der Waals surface area contributed by atoms with Gasteiger partial charge in [0.1, 0.15) is 19.3 Å². The smallest absolute Gasteiger partial charge is 0.305 e. The molecule has 43 heavy (non-hydrogen) atoms. The molecule has 0 amide bonds. The fourth-order valence-electron chi connectivity index (χ4n) is 4.40. The third-order valence-electron chi connectivity index (χ3n) is 7.07. The third-order valence-corrected chi connectivity index (χ3v) is 7.07. The van der Waals surface area contributed by atoms with Crippen LogP contribution in [0.15, 0.2) is 48.6 Å². The first-order valence-corrected chi connectivity index (χ1v) is 17.1. The Balaban J connectivity index is 3.62. The highest BCUT2D eigenvalue weighted by Gasteiger charge is 2.12. The van der Waals surface area contributed by atoms with Crippen molar-refractivity contribution in [3.63, 3.8) is 0 Å². The SMILES string of the molecule is CCCC[C@H](O)/C=C\C/C=C\C/C=C\C/C=C\CCCC(=O)OC[C@@H](O)COC(=O)CCCCCCCCCCC(C)C. The van der Waals surface area contributed by atoms with Gasteiger partial charge in [-0.05, 0) is 50.9 Å². The maximum atomic E-state index is 11.9. The highest BCUT2D eigenvalue weighted by atomic mass is 16.6. The van der Waals surface area contributed by atoms with E-state index in [-0.39, 0.29) is 31.3 Å². The van der Waals surface area contributed by atoms with Crippen LogP contribution >= 0.6 is 0 Å². The molecule has 6 heteroatoms. The van der Waals surface area contributed by atoms with Crippen molar-refractivity contribution in [1.82, 2.24) is 0 Å². The molecule has 0 saturated carbocycles. The van der Waals surface area contributed by atoms with Gasteiger partial charge in [0.15, 0.2) is 0 Å². The van der Waals surface area contributed by atoms with E-state index in [0.717, 1.165) is 70.1 Å². The van der Waals surface area contributed by atoms with E-state index in [4.69, 9.17) is 9.47 Å². The first-order valence-electron chi connectivity index (χ1n) is 17.1. The lowest BCUT2D eigenvalue weighted by Crippen LogP contribution is -2.25.